The first-order chi connectivity index (χ1) is 11.1. The fourth-order valence-electron chi connectivity index (χ4n) is 4.49. The third-order valence-corrected chi connectivity index (χ3v) is 5.64. The molecule has 3 rings (SSSR count). The first-order valence-corrected chi connectivity index (χ1v) is 8.61. The minimum atomic E-state index is 0.0903. The van der Waals surface area contributed by atoms with Gasteiger partial charge in [-0.2, -0.15) is 0 Å². The van der Waals surface area contributed by atoms with Crippen LogP contribution >= 0.6 is 0 Å². The van der Waals surface area contributed by atoms with Gasteiger partial charge in [0.15, 0.2) is 11.5 Å². The van der Waals surface area contributed by atoms with Crippen molar-refractivity contribution in [3.05, 3.63) is 23.8 Å². The molecule has 2 saturated carbocycles. The third kappa shape index (κ3) is 3.46. The number of fused-ring (bicyclic) bond motifs is 2. The van der Waals surface area contributed by atoms with Crippen LogP contribution in [0.25, 0.3) is 0 Å². The van der Waals surface area contributed by atoms with Gasteiger partial charge >= 0.3 is 0 Å². The van der Waals surface area contributed by atoms with Gasteiger partial charge in [0.1, 0.15) is 0 Å². The Morgan fingerprint density at radius 1 is 1.22 bits per heavy atom. The summed E-state index contributed by atoms with van der Waals surface area (Å²) in [4.78, 5) is 12.4. The van der Waals surface area contributed by atoms with Crippen LogP contribution in [0.15, 0.2) is 18.2 Å². The average molecular weight is 317 g/mol. The number of rotatable bonds is 6. The Bertz CT molecular complexity index is 572. The minimum Gasteiger partial charge on any atom is -0.493 e. The molecule has 1 aromatic rings. The summed E-state index contributed by atoms with van der Waals surface area (Å²) in [5.74, 6) is 3.85. The lowest BCUT2D eigenvalue weighted by Crippen LogP contribution is -2.40. The molecule has 1 aromatic carbocycles. The van der Waals surface area contributed by atoms with Gasteiger partial charge in [0, 0.05) is 6.04 Å². The van der Waals surface area contributed by atoms with Gasteiger partial charge in [0.2, 0.25) is 5.91 Å². The van der Waals surface area contributed by atoms with E-state index in [2.05, 4.69) is 12.2 Å². The Kier molecular flexibility index (Phi) is 4.79. The molecule has 4 heteroatoms. The van der Waals surface area contributed by atoms with Gasteiger partial charge in [0.25, 0.3) is 0 Å². The second kappa shape index (κ2) is 6.81. The average Bonchev–Trinajstić information content (AvgIpc) is 3.17. The highest BCUT2D eigenvalue weighted by atomic mass is 16.5. The number of benzene rings is 1. The second-order valence-electron chi connectivity index (χ2n) is 7.06. The zero-order chi connectivity index (χ0) is 16.4. The lowest BCUT2D eigenvalue weighted by Gasteiger charge is -2.28. The number of hydrogen-bond donors (Lipinski definition) is 1. The molecule has 2 aliphatic carbocycles. The van der Waals surface area contributed by atoms with E-state index in [0.29, 0.717) is 23.8 Å². The van der Waals surface area contributed by atoms with Crippen LogP contribution in [0.3, 0.4) is 0 Å². The molecule has 2 aliphatic rings. The first-order valence-electron chi connectivity index (χ1n) is 8.61. The molecule has 1 amide bonds. The van der Waals surface area contributed by atoms with Crippen molar-refractivity contribution in [2.75, 3.05) is 14.2 Å². The van der Waals surface area contributed by atoms with Crippen molar-refractivity contribution < 1.29 is 14.3 Å². The summed E-state index contributed by atoms with van der Waals surface area (Å²) in [5.41, 5.74) is 0.945. The first kappa shape index (κ1) is 16.2. The number of carbonyl (C=O) groups excluding carboxylic acids is 1. The Balaban J connectivity index is 1.57. The molecule has 2 fully saturated rings. The van der Waals surface area contributed by atoms with Crippen LogP contribution in [0.4, 0.5) is 0 Å². The molecular weight excluding hydrogens is 290 g/mol. The summed E-state index contributed by atoms with van der Waals surface area (Å²) >= 11 is 0. The smallest absolute Gasteiger partial charge is 0.224 e. The Labute approximate surface area is 138 Å². The number of hydrogen-bond acceptors (Lipinski definition) is 3. The summed E-state index contributed by atoms with van der Waals surface area (Å²) < 4.78 is 10.5. The predicted octanol–water partition coefficient (Wildman–Crippen LogP) is 3.19. The second-order valence-corrected chi connectivity index (χ2v) is 7.06. The SMILES string of the molecule is COc1ccc(CC(=O)N[C@H](C)[C@@H]2C[C@H]3CC[C@H]2C3)cc1OC. The zero-order valence-corrected chi connectivity index (χ0v) is 14.3. The number of nitrogens with one attached hydrogen (secondary N) is 1. The van der Waals surface area contributed by atoms with E-state index in [1.807, 2.05) is 18.2 Å². The lowest BCUT2D eigenvalue weighted by molar-refractivity contribution is -0.121. The maximum Gasteiger partial charge on any atom is 0.224 e. The van der Waals surface area contributed by atoms with Crippen LogP contribution in [-0.2, 0) is 11.2 Å². The zero-order valence-electron chi connectivity index (χ0n) is 14.3. The van der Waals surface area contributed by atoms with Gasteiger partial charge in [-0.05, 0) is 61.6 Å². The topological polar surface area (TPSA) is 47.6 Å². The molecule has 23 heavy (non-hydrogen) atoms. The Morgan fingerprint density at radius 3 is 2.61 bits per heavy atom. The van der Waals surface area contributed by atoms with Crippen LogP contribution < -0.4 is 14.8 Å². The highest BCUT2D eigenvalue weighted by Gasteiger charge is 2.42. The molecule has 1 N–H and O–H groups in total. The van der Waals surface area contributed by atoms with E-state index in [9.17, 15) is 4.79 Å². The summed E-state index contributed by atoms with van der Waals surface area (Å²) in [6.45, 7) is 2.16. The van der Waals surface area contributed by atoms with Crippen LogP contribution in [0.1, 0.15) is 38.2 Å². The molecule has 126 valence electrons. The van der Waals surface area contributed by atoms with Gasteiger partial charge < -0.3 is 14.8 Å². The highest BCUT2D eigenvalue weighted by molar-refractivity contribution is 5.79. The fraction of sp³-hybridized carbons (Fsp3) is 0.632. The van der Waals surface area contributed by atoms with E-state index >= 15 is 0 Å². The van der Waals surface area contributed by atoms with Crippen LogP contribution in [-0.4, -0.2) is 26.2 Å². The fourth-order valence-corrected chi connectivity index (χ4v) is 4.49. The molecule has 4 nitrogen and oxygen atoms in total. The van der Waals surface area contributed by atoms with Gasteiger partial charge in [0.05, 0.1) is 20.6 Å². The molecule has 0 radical (unpaired) electrons. The standard InChI is InChI=1S/C19H27NO3/c1-12(16-9-13-4-6-15(16)8-13)20-19(21)11-14-5-7-17(22-2)18(10-14)23-3/h5,7,10,12-13,15-16H,4,6,8-9,11H2,1-3H3,(H,20,21)/t12-,13+,15+,16+/m1/s1. The summed E-state index contributed by atoms with van der Waals surface area (Å²) in [7, 11) is 3.22. The maximum absolute atomic E-state index is 12.4. The van der Waals surface area contributed by atoms with E-state index in [1.54, 1.807) is 14.2 Å². The quantitative estimate of drug-likeness (QED) is 0.876. The van der Waals surface area contributed by atoms with Crippen LogP contribution in [0.5, 0.6) is 11.5 Å². The van der Waals surface area contributed by atoms with Crippen molar-refractivity contribution in [2.24, 2.45) is 17.8 Å². The van der Waals surface area contributed by atoms with Crippen molar-refractivity contribution in [1.29, 1.82) is 0 Å². The molecule has 0 aliphatic heterocycles. The molecule has 0 aromatic heterocycles. The van der Waals surface area contributed by atoms with Gasteiger partial charge in [-0.25, -0.2) is 0 Å². The number of carbonyl (C=O) groups is 1. The predicted molar refractivity (Wildman–Crippen MR) is 89.8 cm³/mol. The van der Waals surface area contributed by atoms with Gasteiger partial charge in [-0.15, -0.1) is 0 Å². The van der Waals surface area contributed by atoms with Crippen molar-refractivity contribution in [1.82, 2.24) is 5.32 Å². The third-order valence-electron chi connectivity index (χ3n) is 5.64. The van der Waals surface area contributed by atoms with E-state index in [4.69, 9.17) is 9.47 Å². The summed E-state index contributed by atoms with van der Waals surface area (Å²) in [6, 6.07) is 5.92. The van der Waals surface area contributed by atoms with Crippen molar-refractivity contribution in [2.45, 2.75) is 45.1 Å². The summed E-state index contributed by atoms with van der Waals surface area (Å²) in [5, 5.41) is 3.21. The molecular formula is C19H27NO3. The Morgan fingerprint density at radius 2 is 2.00 bits per heavy atom. The molecule has 4 atom stereocenters. The molecule has 2 bridgehead atoms. The van der Waals surface area contributed by atoms with Crippen molar-refractivity contribution in [3.8, 4) is 11.5 Å². The van der Waals surface area contributed by atoms with Crippen molar-refractivity contribution in [3.63, 3.8) is 0 Å². The highest BCUT2D eigenvalue weighted by Crippen LogP contribution is 2.49. The van der Waals surface area contributed by atoms with Crippen LogP contribution in [0, 0.1) is 17.8 Å². The monoisotopic (exact) mass is 317 g/mol. The number of amides is 1. The van der Waals surface area contributed by atoms with E-state index < -0.39 is 0 Å². The molecule has 0 unspecified atom stereocenters. The molecule has 0 saturated heterocycles. The maximum atomic E-state index is 12.4. The summed E-state index contributed by atoms with van der Waals surface area (Å²) in [6.07, 6.45) is 5.80. The molecule has 0 spiro atoms. The molecule has 0 heterocycles. The minimum absolute atomic E-state index is 0.0903. The number of ether oxygens (including phenoxy) is 2. The number of methoxy groups -OCH3 is 2. The normalized spacial score (nSPS) is 26.8. The van der Waals surface area contributed by atoms with Crippen LogP contribution in [0.2, 0.25) is 0 Å². The van der Waals surface area contributed by atoms with E-state index in [1.165, 1.54) is 25.7 Å². The van der Waals surface area contributed by atoms with Gasteiger partial charge in [-0.3, -0.25) is 4.79 Å². The van der Waals surface area contributed by atoms with E-state index in [0.717, 1.165) is 17.4 Å². The lowest BCUT2D eigenvalue weighted by atomic mass is 9.84. The van der Waals surface area contributed by atoms with Crippen molar-refractivity contribution >= 4 is 5.91 Å². The Hall–Kier alpha value is -1.71. The van der Waals surface area contributed by atoms with Gasteiger partial charge in [-0.1, -0.05) is 12.5 Å². The van der Waals surface area contributed by atoms with E-state index in [-0.39, 0.29) is 11.9 Å². The largest absolute Gasteiger partial charge is 0.493 e.